The number of allylic oxidation sites excluding steroid dienone is 1. The van der Waals surface area contributed by atoms with Gasteiger partial charge in [0.1, 0.15) is 0 Å². The Kier molecular flexibility index (Phi) is 8.26. The monoisotopic (exact) mass is 566 g/mol. The Morgan fingerprint density at radius 3 is 2.36 bits per heavy atom. The van der Waals surface area contributed by atoms with E-state index >= 15 is 0 Å². The number of nitrogens with one attached hydrogen (secondary N) is 1. The van der Waals surface area contributed by atoms with Gasteiger partial charge >= 0.3 is 0 Å². The standard InChI is InChI=1S/C30H35ClN4O3S/c1-20(22-7-3-2-4-8-22)33-30(36)28-27-10-6-5-9-23(19-21-11-13-24(31)14-12-21)29(27)35(34-28)25-15-17-26(18-16-25)39(32,37)38/h11-20,22H,2-10H2,1H3,(H,33,36)(H2,32,37,38)/b23-19+/t20-/m1/s1. The van der Waals surface area contributed by atoms with Crippen molar-refractivity contribution in [2.75, 3.05) is 0 Å². The fourth-order valence-electron chi connectivity index (χ4n) is 5.83. The highest BCUT2D eigenvalue weighted by Crippen LogP contribution is 2.35. The molecular formula is C30H35ClN4O3S. The molecule has 1 atom stereocenters. The van der Waals surface area contributed by atoms with Crippen molar-refractivity contribution in [3.05, 3.63) is 76.1 Å². The van der Waals surface area contributed by atoms with Crippen LogP contribution in [0.4, 0.5) is 0 Å². The average molecular weight is 567 g/mol. The zero-order valence-electron chi connectivity index (χ0n) is 22.2. The largest absolute Gasteiger partial charge is 0.348 e. The number of fused-ring (bicyclic) bond motifs is 1. The summed E-state index contributed by atoms with van der Waals surface area (Å²) in [7, 11) is -3.83. The number of benzene rings is 2. The van der Waals surface area contributed by atoms with Crippen LogP contribution in [0.3, 0.4) is 0 Å². The summed E-state index contributed by atoms with van der Waals surface area (Å²) in [5, 5.41) is 14.1. The van der Waals surface area contributed by atoms with E-state index in [2.05, 4.69) is 18.3 Å². The predicted molar refractivity (Wildman–Crippen MR) is 155 cm³/mol. The van der Waals surface area contributed by atoms with E-state index in [9.17, 15) is 13.2 Å². The Balaban J connectivity index is 1.59. The summed E-state index contributed by atoms with van der Waals surface area (Å²) in [5.41, 5.74) is 5.01. The van der Waals surface area contributed by atoms with Crippen LogP contribution < -0.4 is 10.5 Å². The fourth-order valence-corrected chi connectivity index (χ4v) is 6.47. The fraction of sp³-hybridized carbons (Fsp3) is 0.400. The molecule has 0 bridgehead atoms. The second kappa shape index (κ2) is 11.7. The molecule has 0 aliphatic heterocycles. The maximum atomic E-state index is 13.7. The summed E-state index contributed by atoms with van der Waals surface area (Å²) in [6.07, 6.45) is 11.6. The van der Waals surface area contributed by atoms with E-state index in [1.165, 1.54) is 31.4 Å². The summed E-state index contributed by atoms with van der Waals surface area (Å²) in [6, 6.07) is 14.1. The van der Waals surface area contributed by atoms with E-state index in [0.717, 1.165) is 60.9 Å². The summed E-state index contributed by atoms with van der Waals surface area (Å²) in [6.45, 7) is 2.10. The third-order valence-corrected chi connectivity index (χ3v) is 9.14. The number of nitrogens with zero attached hydrogens (tertiary/aromatic N) is 2. The number of aromatic nitrogens is 2. The molecule has 0 spiro atoms. The van der Waals surface area contributed by atoms with Gasteiger partial charge in [0.05, 0.1) is 16.3 Å². The lowest BCUT2D eigenvalue weighted by Crippen LogP contribution is -2.39. The zero-order chi connectivity index (χ0) is 27.6. The van der Waals surface area contributed by atoms with Crippen molar-refractivity contribution in [2.45, 2.75) is 75.6 Å². The van der Waals surface area contributed by atoms with Crippen molar-refractivity contribution < 1.29 is 13.2 Å². The van der Waals surface area contributed by atoms with Gasteiger partial charge in [0, 0.05) is 16.6 Å². The zero-order valence-corrected chi connectivity index (χ0v) is 23.8. The first kappa shape index (κ1) is 27.6. The van der Waals surface area contributed by atoms with Crippen molar-refractivity contribution in [2.24, 2.45) is 11.1 Å². The normalized spacial score (nSPS) is 18.4. The molecule has 2 aliphatic carbocycles. The molecular weight excluding hydrogens is 532 g/mol. The second-order valence-electron chi connectivity index (χ2n) is 10.7. The first-order chi connectivity index (χ1) is 18.7. The molecule has 0 saturated heterocycles. The van der Waals surface area contributed by atoms with Crippen LogP contribution in [0.5, 0.6) is 0 Å². The van der Waals surface area contributed by atoms with Gasteiger partial charge in [-0.2, -0.15) is 5.10 Å². The van der Waals surface area contributed by atoms with E-state index in [0.29, 0.717) is 22.3 Å². The average Bonchev–Trinajstić information content (AvgIpc) is 3.19. The molecule has 1 fully saturated rings. The van der Waals surface area contributed by atoms with Crippen molar-refractivity contribution in [3.63, 3.8) is 0 Å². The quantitative estimate of drug-likeness (QED) is 0.349. The lowest BCUT2D eigenvalue weighted by Gasteiger charge is -2.28. The van der Waals surface area contributed by atoms with Crippen LogP contribution in [-0.4, -0.2) is 30.1 Å². The van der Waals surface area contributed by atoms with Gasteiger partial charge in [-0.1, -0.05) is 43.0 Å². The van der Waals surface area contributed by atoms with Crippen LogP contribution in [0, 0.1) is 5.92 Å². The summed E-state index contributed by atoms with van der Waals surface area (Å²) in [5.74, 6) is 0.325. The highest BCUT2D eigenvalue weighted by molar-refractivity contribution is 7.89. The van der Waals surface area contributed by atoms with Crippen molar-refractivity contribution in [1.82, 2.24) is 15.1 Å². The highest BCUT2D eigenvalue weighted by atomic mass is 35.5. The lowest BCUT2D eigenvalue weighted by molar-refractivity contribution is 0.0912. The van der Waals surface area contributed by atoms with Crippen molar-refractivity contribution in [3.8, 4) is 5.69 Å². The van der Waals surface area contributed by atoms with E-state index in [-0.39, 0.29) is 16.8 Å². The summed E-state index contributed by atoms with van der Waals surface area (Å²) >= 11 is 6.12. The van der Waals surface area contributed by atoms with Gasteiger partial charge < -0.3 is 5.32 Å². The van der Waals surface area contributed by atoms with E-state index in [4.69, 9.17) is 21.8 Å². The number of hydrogen-bond donors (Lipinski definition) is 2. The molecule has 1 aromatic heterocycles. The Morgan fingerprint density at radius 2 is 1.69 bits per heavy atom. The van der Waals surface area contributed by atoms with Crippen LogP contribution in [-0.2, 0) is 16.4 Å². The molecule has 7 nitrogen and oxygen atoms in total. The lowest BCUT2D eigenvalue weighted by atomic mass is 9.84. The van der Waals surface area contributed by atoms with Crippen molar-refractivity contribution >= 4 is 39.2 Å². The van der Waals surface area contributed by atoms with Gasteiger partial charge in [-0.3, -0.25) is 4.79 Å². The van der Waals surface area contributed by atoms with Crippen LogP contribution in [0.1, 0.15) is 85.6 Å². The van der Waals surface area contributed by atoms with Gasteiger partial charge in [-0.05, 0) is 105 Å². The SMILES string of the molecule is C[C@@H](NC(=O)c1nn(-c2ccc(S(N)(=O)=O)cc2)c2c1CCCC/C2=C\c1ccc(Cl)cc1)C1CCCCC1. The summed E-state index contributed by atoms with van der Waals surface area (Å²) in [4.78, 5) is 13.7. The molecule has 0 unspecified atom stereocenters. The maximum absolute atomic E-state index is 13.7. The molecule has 9 heteroatoms. The second-order valence-corrected chi connectivity index (χ2v) is 12.7. The van der Waals surface area contributed by atoms with E-state index in [1.54, 1.807) is 16.8 Å². The number of amides is 1. The Hall–Kier alpha value is -2.94. The molecule has 3 aromatic rings. The van der Waals surface area contributed by atoms with E-state index < -0.39 is 10.0 Å². The molecule has 1 amide bonds. The highest BCUT2D eigenvalue weighted by Gasteiger charge is 2.29. The van der Waals surface area contributed by atoms with Gasteiger partial charge in [-0.15, -0.1) is 0 Å². The third kappa shape index (κ3) is 6.29. The topological polar surface area (TPSA) is 107 Å². The molecule has 3 N–H and O–H groups in total. The molecule has 1 saturated carbocycles. The number of carbonyl (C=O) groups excluding carboxylic acids is 1. The van der Waals surface area contributed by atoms with Gasteiger partial charge in [0.2, 0.25) is 10.0 Å². The predicted octanol–water partition coefficient (Wildman–Crippen LogP) is 6.14. The maximum Gasteiger partial charge on any atom is 0.272 e. The van der Waals surface area contributed by atoms with Gasteiger partial charge in [0.25, 0.3) is 5.91 Å². The minimum atomic E-state index is -3.83. The molecule has 0 radical (unpaired) electrons. The minimum Gasteiger partial charge on any atom is -0.348 e. The van der Waals surface area contributed by atoms with Gasteiger partial charge in [-0.25, -0.2) is 18.2 Å². The number of sulfonamides is 1. The third-order valence-electron chi connectivity index (χ3n) is 7.96. The Morgan fingerprint density at radius 1 is 1.03 bits per heavy atom. The first-order valence-corrected chi connectivity index (χ1v) is 15.7. The number of rotatable bonds is 6. The number of carbonyl (C=O) groups is 1. The molecule has 2 aliphatic rings. The molecule has 2 aromatic carbocycles. The number of halogens is 1. The molecule has 1 heterocycles. The van der Waals surface area contributed by atoms with Crippen LogP contribution in [0.15, 0.2) is 53.4 Å². The Bertz CT molecular complexity index is 1470. The number of nitrogens with two attached hydrogens (primary N) is 1. The van der Waals surface area contributed by atoms with Gasteiger partial charge in [0.15, 0.2) is 5.69 Å². The van der Waals surface area contributed by atoms with Crippen LogP contribution >= 0.6 is 11.6 Å². The minimum absolute atomic E-state index is 0.0284. The smallest absolute Gasteiger partial charge is 0.272 e. The van der Waals surface area contributed by atoms with E-state index in [1.807, 2.05) is 24.3 Å². The number of primary sulfonamides is 1. The van der Waals surface area contributed by atoms with Crippen molar-refractivity contribution in [1.29, 1.82) is 0 Å². The molecule has 206 valence electrons. The Labute approximate surface area is 235 Å². The number of hydrogen-bond acceptors (Lipinski definition) is 4. The summed E-state index contributed by atoms with van der Waals surface area (Å²) < 4.78 is 25.5. The first-order valence-electron chi connectivity index (χ1n) is 13.7. The molecule has 5 rings (SSSR count). The van der Waals surface area contributed by atoms with Crippen LogP contribution in [0.2, 0.25) is 5.02 Å². The molecule has 39 heavy (non-hydrogen) atoms. The van der Waals surface area contributed by atoms with Crippen LogP contribution in [0.25, 0.3) is 17.3 Å².